The van der Waals surface area contributed by atoms with Crippen LogP contribution in [0.5, 0.6) is 5.88 Å². The van der Waals surface area contributed by atoms with Crippen molar-refractivity contribution >= 4 is 0 Å². The fourth-order valence-electron chi connectivity index (χ4n) is 1.23. The van der Waals surface area contributed by atoms with Crippen molar-refractivity contribution in [3.63, 3.8) is 0 Å². The van der Waals surface area contributed by atoms with E-state index in [1.54, 1.807) is 6.92 Å². The highest BCUT2D eigenvalue weighted by Gasteiger charge is 2.57. The van der Waals surface area contributed by atoms with Crippen molar-refractivity contribution in [1.82, 2.24) is 4.98 Å². The molecule has 0 spiro atoms. The van der Waals surface area contributed by atoms with Crippen LogP contribution in [0.25, 0.3) is 0 Å². The number of rotatable bonds is 3. The molecule has 1 heterocycles. The lowest BCUT2D eigenvalue weighted by Gasteiger charge is -2.05. The minimum absolute atomic E-state index is 0.0644. The third-order valence-electron chi connectivity index (χ3n) is 2.41. The molecule has 0 amide bonds. The highest BCUT2D eigenvalue weighted by molar-refractivity contribution is 5.20. The van der Waals surface area contributed by atoms with Gasteiger partial charge in [0.25, 0.3) is 5.92 Å². The molecule has 1 unspecified atom stereocenters. The van der Waals surface area contributed by atoms with Crippen molar-refractivity contribution in [3.05, 3.63) is 23.6 Å². The summed E-state index contributed by atoms with van der Waals surface area (Å²) in [6.07, 6.45) is 0.892. The van der Waals surface area contributed by atoms with Crippen LogP contribution in [0, 0.1) is 18.7 Å². The maximum absolute atomic E-state index is 12.8. The van der Waals surface area contributed by atoms with Crippen LogP contribution in [0.15, 0.2) is 12.3 Å². The predicted octanol–water partition coefficient (Wildman–Crippen LogP) is 2.56. The zero-order valence-corrected chi connectivity index (χ0v) is 8.14. The first-order chi connectivity index (χ1) is 6.99. The Kier molecular flexibility index (Phi) is 2.32. The lowest BCUT2D eigenvalue weighted by atomic mass is 10.3. The lowest BCUT2D eigenvalue weighted by molar-refractivity contribution is 0.0849. The Morgan fingerprint density at radius 1 is 1.60 bits per heavy atom. The molecule has 1 saturated carbocycles. The summed E-state index contributed by atoms with van der Waals surface area (Å²) in [5, 5.41) is 0. The van der Waals surface area contributed by atoms with Crippen LogP contribution in [0.2, 0.25) is 0 Å². The minimum Gasteiger partial charge on any atom is -0.477 e. The molecule has 0 aliphatic heterocycles. The maximum Gasteiger partial charge on any atom is 0.255 e. The largest absolute Gasteiger partial charge is 0.477 e. The van der Waals surface area contributed by atoms with E-state index in [0.29, 0.717) is 5.56 Å². The third-order valence-corrected chi connectivity index (χ3v) is 2.41. The Balaban J connectivity index is 1.92. The molecule has 0 radical (unpaired) electrons. The molecular weight excluding hydrogens is 207 g/mol. The number of halogens is 3. The normalized spacial score (nSPS) is 22.5. The molecule has 0 bridgehead atoms. The van der Waals surface area contributed by atoms with E-state index in [9.17, 15) is 13.2 Å². The van der Waals surface area contributed by atoms with Crippen molar-refractivity contribution in [2.45, 2.75) is 19.3 Å². The van der Waals surface area contributed by atoms with Gasteiger partial charge in [-0.1, -0.05) is 0 Å². The number of hydrogen-bond acceptors (Lipinski definition) is 2. The molecule has 1 aromatic rings. The number of aromatic nitrogens is 1. The van der Waals surface area contributed by atoms with Gasteiger partial charge in [0, 0.05) is 12.5 Å². The number of pyridine rings is 1. The molecule has 1 atom stereocenters. The molecule has 1 aliphatic rings. The summed E-state index contributed by atoms with van der Waals surface area (Å²) in [4.78, 5) is 3.64. The van der Waals surface area contributed by atoms with Crippen molar-refractivity contribution < 1.29 is 17.9 Å². The first kappa shape index (κ1) is 10.3. The summed E-state index contributed by atoms with van der Waals surface area (Å²) >= 11 is 0. The number of nitrogens with zero attached hydrogens (tertiary/aromatic N) is 1. The zero-order chi connectivity index (χ0) is 11.1. The van der Waals surface area contributed by atoms with E-state index in [1.807, 2.05) is 0 Å². The Labute approximate surface area is 85.1 Å². The van der Waals surface area contributed by atoms with Gasteiger partial charge in [-0.2, -0.15) is 0 Å². The molecule has 1 aliphatic carbocycles. The molecular formula is C10H10F3NO. The molecule has 2 nitrogen and oxygen atoms in total. The van der Waals surface area contributed by atoms with Gasteiger partial charge in [-0.15, -0.1) is 0 Å². The second-order valence-corrected chi connectivity index (χ2v) is 3.74. The standard InChI is InChI=1S/C10H10F3NO/c1-6-2-9(14-4-8(6)11)15-5-7-3-10(7,12)13/h2,4,7H,3,5H2,1H3. The van der Waals surface area contributed by atoms with Gasteiger partial charge in [0.05, 0.1) is 18.7 Å². The van der Waals surface area contributed by atoms with Crippen molar-refractivity contribution in [3.8, 4) is 5.88 Å². The maximum atomic E-state index is 12.8. The van der Waals surface area contributed by atoms with Gasteiger partial charge in [0.2, 0.25) is 5.88 Å². The quantitative estimate of drug-likeness (QED) is 0.776. The highest BCUT2D eigenvalue weighted by atomic mass is 19.3. The molecule has 15 heavy (non-hydrogen) atoms. The van der Waals surface area contributed by atoms with Gasteiger partial charge >= 0.3 is 0 Å². The van der Waals surface area contributed by atoms with Crippen LogP contribution >= 0.6 is 0 Å². The molecule has 2 rings (SSSR count). The van der Waals surface area contributed by atoms with E-state index >= 15 is 0 Å². The summed E-state index contributed by atoms with van der Waals surface area (Å²) in [6.45, 7) is 1.50. The van der Waals surface area contributed by atoms with Crippen LogP contribution in [0.4, 0.5) is 13.2 Å². The van der Waals surface area contributed by atoms with Crippen LogP contribution in [0.3, 0.4) is 0 Å². The Morgan fingerprint density at radius 2 is 2.27 bits per heavy atom. The Bertz CT molecular complexity index is 381. The molecule has 5 heteroatoms. The van der Waals surface area contributed by atoms with E-state index < -0.39 is 17.7 Å². The molecule has 82 valence electrons. The fraction of sp³-hybridized carbons (Fsp3) is 0.500. The summed E-state index contributed by atoms with van der Waals surface area (Å²) in [5.41, 5.74) is 0.391. The molecule has 0 N–H and O–H groups in total. The van der Waals surface area contributed by atoms with Gasteiger partial charge in [-0.3, -0.25) is 0 Å². The van der Waals surface area contributed by atoms with Gasteiger partial charge in [-0.05, 0) is 12.5 Å². The average Bonchev–Trinajstić information content (AvgIpc) is 2.77. The number of aryl methyl sites for hydroxylation is 1. The second-order valence-electron chi connectivity index (χ2n) is 3.74. The summed E-state index contributed by atoms with van der Waals surface area (Å²) in [7, 11) is 0. The molecule has 1 aromatic heterocycles. The van der Waals surface area contributed by atoms with Crippen LogP contribution in [0.1, 0.15) is 12.0 Å². The van der Waals surface area contributed by atoms with Crippen LogP contribution in [-0.4, -0.2) is 17.5 Å². The monoisotopic (exact) mass is 217 g/mol. The van der Waals surface area contributed by atoms with Crippen molar-refractivity contribution in [2.75, 3.05) is 6.61 Å². The number of ether oxygens (including phenoxy) is 1. The lowest BCUT2D eigenvalue weighted by Crippen LogP contribution is -2.06. The predicted molar refractivity (Wildman–Crippen MR) is 47.5 cm³/mol. The highest BCUT2D eigenvalue weighted by Crippen LogP contribution is 2.48. The van der Waals surface area contributed by atoms with Gasteiger partial charge in [-0.25, -0.2) is 18.2 Å². The third kappa shape index (κ3) is 2.22. The first-order valence-electron chi connectivity index (χ1n) is 4.62. The molecule has 0 saturated heterocycles. The summed E-state index contributed by atoms with van der Waals surface area (Å²) in [6, 6.07) is 1.40. The van der Waals surface area contributed by atoms with E-state index in [1.165, 1.54) is 6.07 Å². The Hall–Kier alpha value is -1.26. The SMILES string of the molecule is Cc1cc(OCC2CC2(F)F)ncc1F. The average molecular weight is 217 g/mol. The molecule has 1 fully saturated rings. The summed E-state index contributed by atoms with van der Waals surface area (Å²) in [5.74, 6) is -3.55. The minimum atomic E-state index is -2.59. The topological polar surface area (TPSA) is 22.1 Å². The number of hydrogen-bond donors (Lipinski definition) is 0. The van der Waals surface area contributed by atoms with E-state index in [0.717, 1.165) is 6.20 Å². The smallest absolute Gasteiger partial charge is 0.255 e. The van der Waals surface area contributed by atoms with Gasteiger partial charge in [0.1, 0.15) is 5.82 Å². The number of alkyl halides is 2. The second kappa shape index (κ2) is 3.40. The van der Waals surface area contributed by atoms with Gasteiger partial charge in [0.15, 0.2) is 0 Å². The van der Waals surface area contributed by atoms with Gasteiger partial charge < -0.3 is 4.74 Å². The van der Waals surface area contributed by atoms with Crippen LogP contribution < -0.4 is 4.74 Å². The van der Waals surface area contributed by atoms with E-state index in [2.05, 4.69) is 4.98 Å². The van der Waals surface area contributed by atoms with Crippen molar-refractivity contribution in [1.29, 1.82) is 0 Å². The fourth-order valence-corrected chi connectivity index (χ4v) is 1.23. The zero-order valence-electron chi connectivity index (χ0n) is 8.14. The molecule has 0 aromatic carbocycles. The first-order valence-corrected chi connectivity index (χ1v) is 4.62. The summed E-state index contributed by atoms with van der Waals surface area (Å²) < 4.78 is 42.8. The van der Waals surface area contributed by atoms with E-state index in [4.69, 9.17) is 4.74 Å². The Morgan fingerprint density at radius 3 is 2.80 bits per heavy atom. The van der Waals surface area contributed by atoms with Crippen LogP contribution in [-0.2, 0) is 0 Å². The van der Waals surface area contributed by atoms with Crippen molar-refractivity contribution in [2.24, 2.45) is 5.92 Å². The van der Waals surface area contributed by atoms with E-state index in [-0.39, 0.29) is 18.9 Å².